The zero-order valence-corrected chi connectivity index (χ0v) is 11.0. The molecular weight excluding hydrogens is 256 g/mol. The molecule has 1 fully saturated rings. The highest BCUT2D eigenvalue weighted by Gasteiger charge is 2.27. The molecule has 2 aromatic rings. The molecule has 3 rings (SSSR count). The van der Waals surface area contributed by atoms with E-state index in [2.05, 4.69) is 16.5 Å². The lowest BCUT2D eigenvalue weighted by Gasteiger charge is -2.16. The van der Waals surface area contributed by atoms with Gasteiger partial charge in [0.1, 0.15) is 0 Å². The molecule has 0 saturated carbocycles. The van der Waals surface area contributed by atoms with Gasteiger partial charge in [-0.2, -0.15) is 0 Å². The van der Waals surface area contributed by atoms with Crippen molar-refractivity contribution in [1.82, 2.24) is 9.55 Å². The second-order valence-electron chi connectivity index (χ2n) is 4.37. The van der Waals surface area contributed by atoms with E-state index in [1.54, 1.807) is 0 Å². The number of H-pyrrole nitrogens is 1. The number of hydrogen-bond acceptors (Lipinski definition) is 2. The summed E-state index contributed by atoms with van der Waals surface area (Å²) in [5.74, 6) is 0. The zero-order chi connectivity index (χ0) is 12.0. The van der Waals surface area contributed by atoms with Gasteiger partial charge in [-0.1, -0.05) is 17.7 Å². The van der Waals surface area contributed by atoms with Crippen molar-refractivity contribution in [3.63, 3.8) is 0 Å². The van der Waals surface area contributed by atoms with Crippen molar-refractivity contribution < 1.29 is 4.74 Å². The molecular formula is C12H13ClN2OS. The summed E-state index contributed by atoms with van der Waals surface area (Å²) >= 11 is 11.6. The number of aromatic nitrogens is 2. The smallest absolute Gasteiger partial charge is 0.178 e. The summed E-state index contributed by atoms with van der Waals surface area (Å²) in [6.07, 6.45) is 1.19. The van der Waals surface area contributed by atoms with Gasteiger partial charge in [-0.05, 0) is 37.7 Å². The van der Waals surface area contributed by atoms with Crippen LogP contribution in [-0.2, 0) is 4.74 Å². The first-order chi connectivity index (χ1) is 8.18. The van der Waals surface area contributed by atoms with Crippen LogP contribution >= 0.6 is 23.8 Å². The minimum Gasteiger partial charge on any atom is -0.376 e. The number of para-hydroxylation sites is 1. The van der Waals surface area contributed by atoms with Crippen LogP contribution in [-0.4, -0.2) is 22.3 Å². The van der Waals surface area contributed by atoms with Crippen molar-refractivity contribution in [2.75, 3.05) is 6.61 Å². The first-order valence-electron chi connectivity index (χ1n) is 5.69. The van der Waals surface area contributed by atoms with E-state index in [-0.39, 0.29) is 6.10 Å². The Morgan fingerprint density at radius 3 is 3.06 bits per heavy atom. The van der Waals surface area contributed by atoms with E-state index >= 15 is 0 Å². The van der Waals surface area contributed by atoms with Crippen LogP contribution in [0.3, 0.4) is 0 Å². The molecule has 90 valence electrons. The fourth-order valence-corrected chi connectivity index (χ4v) is 3.06. The number of benzene rings is 1. The Labute approximate surface area is 109 Å². The van der Waals surface area contributed by atoms with Crippen LogP contribution in [0.1, 0.15) is 19.4 Å². The summed E-state index contributed by atoms with van der Waals surface area (Å²) in [4.78, 5) is 3.18. The van der Waals surface area contributed by atoms with E-state index in [0.29, 0.717) is 11.1 Å². The van der Waals surface area contributed by atoms with Gasteiger partial charge in [0.25, 0.3) is 0 Å². The minimum atomic E-state index is 0.194. The highest BCUT2D eigenvalue weighted by atomic mass is 35.5. The highest BCUT2D eigenvalue weighted by molar-refractivity contribution is 7.71. The van der Waals surface area contributed by atoms with Gasteiger partial charge in [-0.3, -0.25) is 0 Å². The van der Waals surface area contributed by atoms with E-state index in [9.17, 15) is 0 Å². The zero-order valence-electron chi connectivity index (χ0n) is 9.44. The van der Waals surface area contributed by atoms with Crippen LogP contribution in [0, 0.1) is 4.77 Å². The number of rotatable bonds is 1. The number of ether oxygens (including phenoxy) is 1. The van der Waals surface area contributed by atoms with E-state index in [4.69, 9.17) is 28.6 Å². The maximum atomic E-state index is 6.16. The van der Waals surface area contributed by atoms with E-state index in [1.165, 1.54) is 0 Å². The summed E-state index contributed by atoms with van der Waals surface area (Å²) in [7, 11) is 0. The molecule has 2 unspecified atom stereocenters. The SMILES string of the molecule is CC1OCCC1n1c(=S)[nH]c2c(Cl)cccc21. The van der Waals surface area contributed by atoms with E-state index < -0.39 is 0 Å². The second kappa shape index (κ2) is 4.12. The number of aromatic amines is 1. The second-order valence-corrected chi connectivity index (χ2v) is 5.16. The molecule has 1 N–H and O–H groups in total. The lowest BCUT2D eigenvalue weighted by molar-refractivity contribution is 0.108. The standard InChI is InChI=1S/C12H13ClN2OS/c1-7-9(5-6-16-7)15-10-4-2-3-8(13)11(10)14-12(15)17/h2-4,7,9H,5-6H2,1H3,(H,14,17). The Morgan fingerprint density at radius 2 is 2.35 bits per heavy atom. The van der Waals surface area contributed by atoms with Gasteiger partial charge in [0.15, 0.2) is 4.77 Å². The van der Waals surface area contributed by atoms with Gasteiger partial charge in [0.2, 0.25) is 0 Å². The van der Waals surface area contributed by atoms with Crippen LogP contribution in [0.15, 0.2) is 18.2 Å². The van der Waals surface area contributed by atoms with Crippen LogP contribution in [0.25, 0.3) is 11.0 Å². The average molecular weight is 269 g/mol. The highest BCUT2D eigenvalue weighted by Crippen LogP contribution is 2.31. The van der Waals surface area contributed by atoms with Gasteiger partial charge in [-0.25, -0.2) is 0 Å². The topological polar surface area (TPSA) is 29.9 Å². The van der Waals surface area contributed by atoms with Gasteiger partial charge in [0.05, 0.1) is 28.2 Å². The number of nitrogens with one attached hydrogen (secondary N) is 1. The maximum Gasteiger partial charge on any atom is 0.178 e. The van der Waals surface area contributed by atoms with Crippen molar-refractivity contribution in [2.45, 2.75) is 25.5 Å². The molecule has 0 amide bonds. The fraction of sp³-hybridized carbons (Fsp3) is 0.417. The predicted molar refractivity (Wildman–Crippen MR) is 71.2 cm³/mol. The molecule has 2 heterocycles. The van der Waals surface area contributed by atoms with E-state index in [0.717, 1.165) is 28.8 Å². The number of fused-ring (bicyclic) bond motifs is 1. The Bertz CT molecular complexity index is 618. The van der Waals surface area contributed by atoms with E-state index in [1.807, 2.05) is 18.2 Å². The van der Waals surface area contributed by atoms with Gasteiger partial charge in [0, 0.05) is 6.61 Å². The van der Waals surface area contributed by atoms with Crippen molar-refractivity contribution in [3.05, 3.63) is 28.0 Å². The van der Waals surface area contributed by atoms with Crippen molar-refractivity contribution in [2.24, 2.45) is 0 Å². The Balaban J connectivity index is 2.25. The molecule has 1 aliphatic rings. The van der Waals surface area contributed by atoms with Crippen molar-refractivity contribution in [1.29, 1.82) is 0 Å². The average Bonchev–Trinajstić information content (AvgIpc) is 2.83. The molecule has 1 saturated heterocycles. The third kappa shape index (κ3) is 1.71. The molecule has 1 aliphatic heterocycles. The number of halogens is 1. The summed E-state index contributed by atoms with van der Waals surface area (Å²) in [6, 6.07) is 6.16. The summed E-state index contributed by atoms with van der Waals surface area (Å²) in [5.41, 5.74) is 1.98. The molecule has 0 radical (unpaired) electrons. The van der Waals surface area contributed by atoms with Gasteiger partial charge in [-0.15, -0.1) is 0 Å². The first-order valence-corrected chi connectivity index (χ1v) is 6.47. The minimum absolute atomic E-state index is 0.194. The monoisotopic (exact) mass is 268 g/mol. The van der Waals surface area contributed by atoms with Crippen LogP contribution in [0.4, 0.5) is 0 Å². The Hall–Kier alpha value is -0.840. The van der Waals surface area contributed by atoms with Crippen LogP contribution in [0.5, 0.6) is 0 Å². The quantitative estimate of drug-likeness (QED) is 0.799. The molecule has 0 aliphatic carbocycles. The van der Waals surface area contributed by atoms with Crippen molar-refractivity contribution >= 4 is 34.9 Å². The predicted octanol–water partition coefficient (Wildman–Crippen LogP) is 3.70. The normalized spacial score (nSPS) is 24.6. The largest absolute Gasteiger partial charge is 0.376 e. The molecule has 3 nitrogen and oxygen atoms in total. The number of nitrogens with zero attached hydrogens (tertiary/aromatic N) is 1. The number of imidazole rings is 1. The van der Waals surface area contributed by atoms with Crippen LogP contribution in [0.2, 0.25) is 5.02 Å². The third-order valence-corrected chi connectivity index (χ3v) is 3.98. The Kier molecular flexibility index (Phi) is 2.73. The molecule has 1 aromatic carbocycles. The van der Waals surface area contributed by atoms with Crippen molar-refractivity contribution in [3.8, 4) is 0 Å². The lowest BCUT2D eigenvalue weighted by atomic mass is 10.1. The molecule has 1 aromatic heterocycles. The summed E-state index contributed by atoms with van der Waals surface area (Å²) in [5, 5.41) is 0.707. The van der Waals surface area contributed by atoms with Crippen LogP contribution < -0.4 is 0 Å². The van der Waals surface area contributed by atoms with Gasteiger partial charge >= 0.3 is 0 Å². The fourth-order valence-electron chi connectivity index (χ4n) is 2.50. The molecule has 0 bridgehead atoms. The molecule has 17 heavy (non-hydrogen) atoms. The third-order valence-electron chi connectivity index (χ3n) is 3.37. The Morgan fingerprint density at radius 1 is 1.53 bits per heavy atom. The van der Waals surface area contributed by atoms with Gasteiger partial charge < -0.3 is 14.3 Å². The molecule has 2 atom stereocenters. The lowest BCUT2D eigenvalue weighted by Crippen LogP contribution is -2.16. The molecule has 0 spiro atoms. The summed E-state index contributed by atoms with van der Waals surface area (Å²) in [6.45, 7) is 2.88. The molecule has 5 heteroatoms. The number of hydrogen-bond donors (Lipinski definition) is 1. The maximum absolute atomic E-state index is 6.16. The summed E-state index contributed by atoms with van der Waals surface area (Å²) < 4.78 is 8.46. The first kappa shape index (κ1) is 11.3.